The summed E-state index contributed by atoms with van der Waals surface area (Å²) in [5, 5.41) is 3.89. The minimum atomic E-state index is -0.0905. The number of amides is 1. The minimum absolute atomic E-state index is 0.0656. The first-order valence-corrected chi connectivity index (χ1v) is 6.78. The number of hydrogen-bond acceptors (Lipinski definition) is 3. The van der Waals surface area contributed by atoms with E-state index in [9.17, 15) is 4.79 Å². The Balaban J connectivity index is 1.80. The molecular weight excluding hydrogens is 240 g/mol. The number of hydrogen-bond donors (Lipinski definition) is 2. The van der Waals surface area contributed by atoms with E-state index in [1.54, 1.807) is 0 Å². The molecule has 3 N–H and O–H groups in total. The number of nitrogens with one attached hydrogen (secondary N) is 1. The summed E-state index contributed by atoms with van der Waals surface area (Å²) >= 11 is 0. The van der Waals surface area contributed by atoms with Crippen LogP contribution in [-0.2, 0) is 0 Å². The van der Waals surface area contributed by atoms with Gasteiger partial charge in [-0.15, -0.1) is 0 Å². The maximum absolute atomic E-state index is 12.3. The molecule has 1 amide bonds. The van der Waals surface area contributed by atoms with E-state index < -0.39 is 0 Å². The highest BCUT2D eigenvalue weighted by molar-refractivity contribution is 6.06. The van der Waals surface area contributed by atoms with E-state index in [1.807, 2.05) is 24.3 Å². The van der Waals surface area contributed by atoms with E-state index in [0.29, 0.717) is 5.56 Å². The Kier molecular flexibility index (Phi) is 3.25. The largest absolute Gasteiger partial charge is 0.463 e. The molecule has 0 radical (unpaired) electrons. The molecule has 0 aliphatic heterocycles. The standard InChI is InChI=1S/C15H18N2O2/c16-12-6-2-3-7-13(12)17-15(18)11-9-19-14-8-4-1-5-10(11)14/h1,4-5,8-9,12-13H,2-3,6-7,16H2,(H,17,18). The molecule has 1 aromatic heterocycles. The molecule has 4 nitrogen and oxygen atoms in total. The third-order valence-corrected chi connectivity index (χ3v) is 3.86. The van der Waals surface area contributed by atoms with Gasteiger partial charge in [-0.05, 0) is 18.9 Å². The van der Waals surface area contributed by atoms with Gasteiger partial charge in [0.2, 0.25) is 0 Å². The summed E-state index contributed by atoms with van der Waals surface area (Å²) in [5.74, 6) is -0.0905. The van der Waals surface area contributed by atoms with Crippen molar-refractivity contribution in [2.24, 2.45) is 5.73 Å². The summed E-state index contributed by atoms with van der Waals surface area (Å²) in [6.07, 6.45) is 5.75. The smallest absolute Gasteiger partial charge is 0.255 e. The van der Waals surface area contributed by atoms with Gasteiger partial charge >= 0.3 is 0 Å². The van der Waals surface area contributed by atoms with Gasteiger partial charge in [0.05, 0.1) is 5.56 Å². The molecule has 1 aliphatic carbocycles. The van der Waals surface area contributed by atoms with Crippen LogP contribution >= 0.6 is 0 Å². The quantitative estimate of drug-likeness (QED) is 0.869. The Morgan fingerprint density at radius 2 is 2.05 bits per heavy atom. The van der Waals surface area contributed by atoms with Crippen molar-refractivity contribution in [1.29, 1.82) is 0 Å². The molecule has 1 fully saturated rings. The second-order valence-corrected chi connectivity index (χ2v) is 5.17. The highest BCUT2D eigenvalue weighted by Gasteiger charge is 2.24. The highest BCUT2D eigenvalue weighted by atomic mass is 16.3. The van der Waals surface area contributed by atoms with E-state index in [1.165, 1.54) is 6.26 Å². The van der Waals surface area contributed by atoms with Gasteiger partial charge in [-0.2, -0.15) is 0 Å². The highest BCUT2D eigenvalue weighted by Crippen LogP contribution is 2.22. The van der Waals surface area contributed by atoms with Crippen LogP contribution < -0.4 is 11.1 Å². The molecule has 1 aromatic carbocycles. The predicted octanol–water partition coefficient (Wildman–Crippen LogP) is 2.43. The fraction of sp³-hybridized carbons (Fsp3) is 0.400. The van der Waals surface area contributed by atoms with Crippen molar-refractivity contribution in [3.05, 3.63) is 36.1 Å². The zero-order chi connectivity index (χ0) is 13.2. The van der Waals surface area contributed by atoms with Crippen molar-refractivity contribution in [3.63, 3.8) is 0 Å². The normalized spacial score (nSPS) is 23.4. The monoisotopic (exact) mass is 258 g/mol. The topological polar surface area (TPSA) is 68.3 Å². The van der Waals surface area contributed by atoms with E-state index in [2.05, 4.69) is 5.32 Å². The number of para-hydroxylation sites is 1. The molecule has 4 heteroatoms. The van der Waals surface area contributed by atoms with Gasteiger partial charge in [0.15, 0.2) is 0 Å². The number of rotatable bonds is 2. The lowest BCUT2D eigenvalue weighted by Gasteiger charge is -2.29. The third kappa shape index (κ3) is 2.36. The van der Waals surface area contributed by atoms with Gasteiger partial charge < -0.3 is 15.5 Å². The summed E-state index contributed by atoms with van der Waals surface area (Å²) in [4.78, 5) is 12.3. The van der Waals surface area contributed by atoms with E-state index >= 15 is 0 Å². The molecule has 0 bridgehead atoms. The summed E-state index contributed by atoms with van der Waals surface area (Å²) in [6, 6.07) is 7.70. The maximum Gasteiger partial charge on any atom is 0.255 e. The molecular formula is C15H18N2O2. The lowest BCUT2D eigenvalue weighted by Crippen LogP contribution is -2.49. The number of nitrogens with two attached hydrogens (primary N) is 1. The molecule has 100 valence electrons. The Hall–Kier alpha value is -1.81. The second-order valence-electron chi connectivity index (χ2n) is 5.17. The zero-order valence-electron chi connectivity index (χ0n) is 10.8. The van der Waals surface area contributed by atoms with Gasteiger partial charge in [0, 0.05) is 17.5 Å². The lowest BCUT2D eigenvalue weighted by molar-refractivity contribution is 0.0922. The van der Waals surface area contributed by atoms with Crippen LogP contribution in [0.25, 0.3) is 11.0 Å². The van der Waals surface area contributed by atoms with Crippen LogP contribution in [-0.4, -0.2) is 18.0 Å². The predicted molar refractivity (Wildman–Crippen MR) is 73.9 cm³/mol. The van der Waals surface area contributed by atoms with Crippen molar-refractivity contribution < 1.29 is 9.21 Å². The summed E-state index contributed by atoms with van der Waals surface area (Å²) in [5.41, 5.74) is 7.38. The fourth-order valence-electron chi connectivity index (χ4n) is 2.74. The molecule has 19 heavy (non-hydrogen) atoms. The number of benzene rings is 1. The number of furan rings is 1. The molecule has 2 atom stereocenters. The molecule has 0 spiro atoms. The zero-order valence-corrected chi connectivity index (χ0v) is 10.8. The van der Waals surface area contributed by atoms with Gasteiger partial charge in [-0.3, -0.25) is 4.79 Å². The lowest BCUT2D eigenvalue weighted by atomic mass is 9.91. The average Bonchev–Trinajstić information content (AvgIpc) is 2.85. The number of carbonyl (C=O) groups excluding carboxylic acids is 1. The summed E-state index contributed by atoms with van der Waals surface area (Å²) in [6.45, 7) is 0. The van der Waals surface area contributed by atoms with Crippen LogP contribution in [0, 0.1) is 0 Å². The SMILES string of the molecule is NC1CCCCC1NC(=O)c1coc2ccccc12. The van der Waals surface area contributed by atoms with Crippen molar-refractivity contribution in [1.82, 2.24) is 5.32 Å². The maximum atomic E-state index is 12.3. The summed E-state index contributed by atoms with van der Waals surface area (Å²) < 4.78 is 5.39. The minimum Gasteiger partial charge on any atom is -0.463 e. The Morgan fingerprint density at radius 1 is 1.26 bits per heavy atom. The van der Waals surface area contributed by atoms with Crippen LogP contribution in [0.5, 0.6) is 0 Å². The first-order chi connectivity index (χ1) is 9.25. The average molecular weight is 258 g/mol. The molecule has 2 aromatic rings. The van der Waals surface area contributed by atoms with Crippen LogP contribution in [0.1, 0.15) is 36.0 Å². The number of fused-ring (bicyclic) bond motifs is 1. The third-order valence-electron chi connectivity index (χ3n) is 3.86. The first-order valence-electron chi connectivity index (χ1n) is 6.78. The van der Waals surface area contributed by atoms with Crippen LogP contribution in [0.4, 0.5) is 0 Å². The summed E-state index contributed by atoms with van der Waals surface area (Å²) in [7, 11) is 0. The van der Waals surface area contributed by atoms with Crippen LogP contribution in [0.3, 0.4) is 0 Å². The van der Waals surface area contributed by atoms with E-state index in [0.717, 1.165) is 36.7 Å². The molecule has 1 saturated carbocycles. The van der Waals surface area contributed by atoms with Crippen LogP contribution in [0.15, 0.2) is 34.9 Å². The molecule has 1 aliphatic rings. The van der Waals surface area contributed by atoms with E-state index in [-0.39, 0.29) is 18.0 Å². The Morgan fingerprint density at radius 3 is 2.89 bits per heavy atom. The first kappa shape index (κ1) is 12.2. The number of carbonyl (C=O) groups is 1. The van der Waals surface area contributed by atoms with Gasteiger partial charge in [-0.25, -0.2) is 0 Å². The van der Waals surface area contributed by atoms with Crippen molar-refractivity contribution in [2.75, 3.05) is 0 Å². The van der Waals surface area contributed by atoms with Crippen molar-refractivity contribution >= 4 is 16.9 Å². The molecule has 0 saturated heterocycles. The molecule has 2 unspecified atom stereocenters. The molecule has 1 heterocycles. The van der Waals surface area contributed by atoms with Gasteiger partial charge in [0.1, 0.15) is 11.8 Å². The van der Waals surface area contributed by atoms with Crippen molar-refractivity contribution in [3.8, 4) is 0 Å². The molecule has 3 rings (SSSR count). The van der Waals surface area contributed by atoms with Gasteiger partial charge in [0.25, 0.3) is 5.91 Å². The van der Waals surface area contributed by atoms with Crippen LogP contribution in [0.2, 0.25) is 0 Å². The second kappa shape index (κ2) is 5.05. The fourth-order valence-corrected chi connectivity index (χ4v) is 2.74. The van der Waals surface area contributed by atoms with E-state index in [4.69, 9.17) is 10.2 Å². The van der Waals surface area contributed by atoms with Gasteiger partial charge in [-0.1, -0.05) is 31.0 Å². The van der Waals surface area contributed by atoms with Crippen molar-refractivity contribution in [2.45, 2.75) is 37.8 Å². The Bertz CT molecular complexity index is 591. The Labute approximate surface area is 112 Å².